The molecule has 108 valence electrons. The highest BCUT2D eigenvalue weighted by Gasteiger charge is 2.37. The van der Waals surface area contributed by atoms with Gasteiger partial charge in [0, 0.05) is 24.8 Å². The molecule has 0 bridgehead atoms. The summed E-state index contributed by atoms with van der Waals surface area (Å²) in [5.41, 5.74) is -0.661. The predicted molar refractivity (Wildman–Crippen MR) is 70.2 cm³/mol. The zero-order chi connectivity index (χ0) is 14.9. The number of aliphatic carboxylic acids is 1. The fourth-order valence-electron chi connectivity index (χ4n) is 2.32. The van der Waals surface area contributed by atoms with Gasteiger partial charge in [-0.05, 0) is 25.8 Å². The molecule has 1 aromatic rings. The summed E-state index contributed by atoms with van der Waals surface area (Å²) in [6.45, 7) is 2.55. The van der Waals surface area contributed by atoms with Gasteiger partial charge in [0.25, 0.3) is 5.69 Å². The molecule has 0 saturated carbocycles. The monoisotopic (exact) mass is 282 g/mol. The minimum absolute atomic E-state index is 0.299. The first kappa shape index (κ1) is 14.2. The van der Waals surface area contributed by atoms with Crippen LogP contribution in [-0.2, 0) is 4.79 Å². The van der Waals surface area contributed by atoms with Crippen molar-refractivity contribution in [2.75, 3.05) is 18.0 Å². The third-order valence-corrected chi connectivity index (χ3v) is 3.83. The molecule has 1 aromatic carbocycles. The Morgan fingerprint density at radius 2 is 2.00 bits per heavy atom. The number of hydrogen-bond acceptors (Lipinski definition) is 4. The van der Waals surface area contributed by atoms with Crippen molar-refractivity contribution in [3.8, 4) is 0 Å². The van der Waals surface area contributed by atoms with Crippen molar-refractivity contribution in [3.63, 3.8) is 0 Å². The Morgan fingerprint density at radius 3 is 2.50 bits per heavy atom. The summed E-state index contributed by atoms with van der Waals surface area (Å²) in [5, 5.41) is 19.9. The predicted octanol–water partition coefficient (Wildman–Crippen LogP) is 2.43. The molecule has 0 aliphatic carbocycles. The van der Waals surface area contributed by atoms with E-state index in [1.807, 2.05) is 0 Å². The van der Waals surface area contributed by atoms with Crippen LogP contribution in [0.4, 0.5) is 15.8 Å². The lowest BCUT2D eigenvalue weighted by atomic mass is 9.80. The Labute approximate surface area is 115 Å². The number of carboxylic acids is 1. The summed E-state index contributed by atoms with van der Waals surface area (Å²) in [4.78, 5) is 23.0. The molecular formula is C13H15FN2O4. The van der Waals surface area contributed by atoms with E-state index < -0.39 is 22.1 Å². The van der Waals surface area contributed by atoms with Crippen LogP contribution in [0.15, 0.2) is 18.2 Å². The number of rotatable bonds is 3. The number of carboxylic acid groups (broad SMARTS) is 1. The third kappa shape index (κ3) is 2.71. The number of nitrogens with zero attached hydrogens (tertiary/aromatic N) is 2. The van der Waals surface area contributed by atoms with Gasteiger partial charge in [0.2, 0.25) is 0 Å². The van der Waals surface area contributed by atoms with Crippen molar-refractivity contribution < 1.29 is 19.2 Å². The lowest BCUT2D eigenvalue weighted by Crippen LogP contribution is -2.42. The second-order valence-corrected chi connectivity index (χ2v) is 5.28. The number of non-ortho nitro benzene ring substituents is 1. The molecule has 6 nitrogen and oxygen atoms in total. The average molecular weight is 282 g/mol. The zero-order valence-electron chi connectivity index (χ0n) is 11.0. The lowest BCUT2D eigenvalue weighted by Gasteiger charge is -2.37. The fourth-order valence-corrected chi connectivity index (χ4v) is 2.32. The van der Waals surface area contributed by atoms with E-state index in [1.165, 1.54) is 12.1 Å². The number of benzene rings is 1. The van der Waals surface area contributed by atoms with E-state index in [2.05, 4.69) is 0 Å². The Balaban J connectivity index is 2.19. The van der Waals surface area contributed by atoms with Crippen molar-refractivity contribution in [2.45, 2.75) is 19.8 Å². The topological polar surface area (TPSA) is 83.7 Å². The zero-order valence-corrected chi connectivity index (χ0v) is 11.0. The molecule has 1 saturated heterocycles. The van der Waals surface area contributed by atoms with Gasteiger partial charge in [-0.2, -0.15) is 0 Å². The number of carbonyl (C=O) groups is 1. The van der Waals surface area contributed by atoms with Gasteiger partial charge in [-0.3, -0.25) is 14.9 Å². The normalized spacial score (nSPS) is 17.8. The number of piperidine rings is 1. The van der Waals surface area contributed by atoms with Gasteiger partial charge in [0.1, 0.15) is 5.82 Å². The summed E-state index contributed by atoms with van der Waals surface area (Å²) in [7, 11) is 0. The summed E-state index contributed by atoms with van der Waals surface area (Å²) >= 11 is 0. The van der Waals surface area contributed by atoms with E-state index >= 15 is 0 Å². The molecule has 20 heavy (non-hydrogen) atoms. The summed E-state index contributed by atoms with van der Waals surface area (Å²) in [6, 6.07) is 3.41. The molecule has 1 heterocycles. The van der Waals surface area contributed by atoms with Crippen molar-refractivity contribution in [1.29, 1.82) is 0 Å². The maximum atomic E-state index is 13.4. The first-order chi connectivity index (χ1) is 9.32. The molecule has 2 rings (SSSR count). The van der Waals surface area contributed by atoms with Crippen LogP contribution in [-0.4, -0.2) is 29.1 Å². The molecule has 7 heteroatoms. The SMILES string of the molecule is CC1(C(=O)O)CCN(c2cc(F)cc([N+](=O)[O-])c2)CC1. The number of anilines is 1. The number of nitro benzene ring substituents is 1. The number of halogens is 1. The van der Waals surface area contributed by atoms with E-state index in [-0.39, 0.29) is 5.69 Å². The van der Waals surface area contributed by atoms with Crippen LogP contribution in [0.2, 0.25) is 0 Å². The smallest absolute Gasteiger partial charge is 0.309 e. The first-order valence-electron chi connectivity index (χ1n) is 6.25. The van der Waals surface area contributed by atoms with Crippen LogP contribution >= 0.6 is 0 Å². The molecule has 0 amide bonds. The van der Waals surface area contributed by atoms with Crippen molar-refractivity contribution >= 4 is 17.3 Å². The van der Waals surface area contributed by atoms with E-state index in [0.717, 1.165) is 6.07 Å². The van der Waals surface area contributed by atoms with Gasteiger partial charge in [-0.1, -0.05) is 0 Å². The van der Waals surface area contributed by atoms with E-state index in [1.54, 1.807) is 11.8 Å². The molecule has 1 fully saturated rings. The lowest BCUT2D eigenvalue weighted by molar-refractivity contribution is -0.385. The van der Waals surface area contributed by atoms with Gasteiger partial charge in [-0.25, -0.2) is 4.39 Å². The molecule has 1 aliphatic heterocycles. The molecule has 1 N–H and O–H groups in total. The number of nitro groups is 1. The van der Waals surface area contributed by atoms with Gasteiger partial charge >= 0.3 is 5.97 Å². The van der Waals surface area contributed by atoms with Crippen LogP contribution < -0.4 is 4.90 Å². The standard InChI is InChI=1S/C13H15FN2O4/c1-13(12(17)18)2-4-15(5-3-13)10-6-9(14)7-11(8-10)16(19)20/h6-8H,2-5H2,1H3,(H,17,18). The van der Waals surface area contributed by atoms with Crippen LogP contribution in [0, 0.1) is 21.3 Å². The van der Waals surface area contributed by atoms with E-state index in [4.69, 9.17) is 5.11 Å². The minimum Gasteiger partial charge on any atom is -0.481 e. The molecule has 0 atom stereocenters. The largest absolute Gasteiger partial charge is 0.481 e. The molecule has 0 unspecified atom stereocenters. The molecular weight excluding hydrogens is 267 g/mol. The Kier molecular flexibility index (Phi) is 3.61. The van der Waals surface area contributed by atoms with E-state index in [9.17, 15) is 19.3 Å². The van der Waals surface area contributed by atoms with Crippen molar-refractivity contribution in [1.82, 2.24) is 0 Å². The highest BCUT2D eigenvalue weighted by Crippen LogP contribution is 2.34. The Bertz CT molecular complexity index is 553. The number of hydrogen-bond donors (Lipinski definition) is 1. The average Bonchev–Trinajstić information content (AvgIpc) is 2.38. The molecule has 0 spiro atoms. The summed E-state index contributed by atoms with van der Waals surface area (Å²) in [5.74, 6) is -1.51. The second-order valence-electron chi connectivity index (χ2n) is 5.28. The van der Waals surface area contributed by atoms with E-state index in [0.29, 0.717) is 31.6 Å². The maximum absolute atomic E-state index is 13.4. The summed E-state index contributed by atoms with van der Waals surface area (Å²) < 4.78 is 13.4. The van der Waals surface area contributed by atoms with Crippen molar-refractivity contribution in [2.24, 2.45) is 5.41 Å². The quantitative estimate of drug-likeness (QED) is 0.680. The van der Waals surface area contributed by atoms with Crippen LogP contribution in [0.5, 0.6) is 0 Å². The van der Waals surface area contributed by atoms with Gasteiger partial charge in [0.15, 0.2) is 0 Å². The van der Waals surface area contributed by atoms with Crippen molar-refractivity contribution in [3.05, 3.63) is 34.1 Å². The Hall–Kier alpha value is -2.18. The van der Waals surface area contributed by atoms with Gasteiger partial charge < -0.3 is 10.0 Å². The second kappa shape index (κ2) is 5.07. The Morgan fingerprint density at radius 1 is 1.40 bits per heavy atom. The third-order valence-electron chi connectivity index (χ3n) is 3.83. The molecule has 1 aliphatic rings. The van der Waals surface area contributed by atoms with Gasteiger partial charge in [0.05, 0.1) is 16.4 Å². The van der Waals surface area contributed by atoms with Crippen LogP contribution in [0.25, 0.3) is 0 Å². The first-order valence-corrected chi connectivity index (χ1v) is 6.25. The minimum atomic E-state index is -0.845. The fraction of sp³-hybridized carbons (Fsp3) is 0.462. The summed E-state index contributed by atoms with van der Waals surface area (Å²) in [6.07, 6.45) is 0.847. The van der Waals surface area contributed by atoms with Crippen LogP contribution in [0.3, 0.4) is 0 Å². The highest BCUT2D eigenvalue weighted by atomic mass is 19.1. The molecule has 0 radical (unpaired) electrons. The van der Waals surface area contributed by atoms with Gasteiger partial charge in [-0.15, -0.1) is 0 Å². The highest BCUT2D eigenvalue weighted by molar-refractivity contribution is 5.74. The maximum Gasteiger partial charge on any atom is 0.309 e. The molecule has 0 aromatic heterocycles. The van der Waals surface area contributed by atoms with Crippen LogP contribution in [0.1, 0.15) is 19.8 Å².